The van der Waals surface area contributed by atoms with Crippen LogP contribution in [0.15, 0.2) is 54.9 Å². The molecule has 0 radical (unpaired) electrons. The molecule has 1 fully saturated rings. The van der Waals surface area contributed by atoms with Crippen LogP contribution in [0.3, 0.4) is 0 Å². The molecular formula is C18H21N3O2. The van der Waals surface area contributed by atoms with Gasteiger partial charge in [-0.2, -0.15) is 0 Å². The number of para-hydroxylation sites is 1. The maximum atomic E-state index is 12.0. The van der Waals surface area contributed by atoms with Crippen molar-refractivity contribution in [3.8, 4) is 0 Å². The number of rotatable bonds is 5. The predicted octanol–water partition coefficient (Wildman–Crippen LogP) is 2.11. The fourth-order valence-electron chi connectivity index (χ4n) is 2.72. The lowest BCUT2D eigenvalue weighted by atomic mass is 10.1. The molecule has 0 saturated carbocycles. The van der Waals surface area contributed by atoms with Crippen LogP contribution in [0.1, 0.15) is 16.8 Å². The third-order valence-corrected chi connectivity index (χ3v) is 3.95. The molecule has 1 saturated heterocycles. The number of nitrogens with zero attached hydrogens (tertiary/aromatic N) is 2. The smallest absolute Gasteiger partial charge is 0.251 e. The fourth-order valence-corrected chi connectivity index (χ4v) is 2.72. The van der Waals surface area contributed by atoms with Crippen LogP contribution in [0.4, 0.5) is 5.69 Å². The molecule has 3 rings (SSSR count). The normalized spacial score (nSPS) is 17.7. The first-order valence-electron chi connectivity index (χ1n) is 7.93. The van der Waals surface area contributed by atoms with Crippen LogP contribution < -0.4 is 10.2 Å². The maximum absolute atomic E-state index is 12.0. The van der Waals surface area contributed by atoms with Gasteiger partial charge in [0.2, 0.25) is 0 Å². The third kappa shape index (κ3) is 4.29. The van der Waals surface area contributed by atoms with Gasteiger partial charge in [-0.15, -0.1) is 0 Å². The Morgan fingerprint density at radius 1 is 1.22 bits per heavy atom. The van der Waals surface area contributed by atoms with Crippen molar-refractivity contribution in [2.45, 2.75) is 12.5 Å². The highest BCUT2D eigenvalue weighted by Gasteiger charge is 2.20. The lowest BCUT2D eigenvalue weighted by Crippen LogP contribution is -2.43. The molecule has 0 bridgehead atoms. The van der Waals surface area contributed by atoms with E-state index >= 15 is 0 Å². The molecule has 2 aromatic rings. The summed E-state index contributed by atoms with van der Waals surface area (Å²) in [6, 6.07) is 13.8. The summed E-state index contributed by atoms with van der Waals surface area (Å²) in [7, 11) is 0. The minimum atomic E-state index is -0.0666. The fraction of sp³-hybridized carbons (Fsp3) is 0.333. The van der Waals surface area contributed by atoms with E-state index in [1.807, 2.05) is 6.07 Å². The van der Waals surface area contributed by atoms with Crippen molar-refractivity contribution in [1.82, 2.24) is 10.3 Å². The van der Waals surface area contributed by atoms with Gasteiger partial charge in [0.25, 0.3) is 5.91 Å². The number of benzene rings is 1. The van der Waals surface area contributed by atoms with E-state index in [1.54, 1.807) is 24.5 Å². The van der Waals surface area contributed by atoms with Gasteiger partial charge in [-0.05, 0) is 30.7 Å². The topological polar surface area (TPSA) is 54.5 Å². The summed E-state index contributed by atoms with van der Waals surface area (Å²) in [5.41, 5.74) is 1.86. The van der Waals surface area contributed by atoms with E-state index in [0.29, 0.717) is 12.1 Å². The van der Waals surface area contributed by atoms with Crippen molar-refractivity contribution in [3.63, 3.8) is 0 Å². The average molecular weight is 311 g/mol. The van der Waals surface area contributed by atoms with Crippen molar-refractivity contribution in [2.75, 3.05) is 31.1 Å². The number of carbonyl (C=O) groups is 1. The van der Waals surface area contributed by atoms with Gasteiger partial charge in [-0.3, -0.25) is 9.78 Å². The van der Waals surface area contributed by atoms with Crippen molar-refractivity contribution in [3.05, 3.63) is 60.4 Å². The molecule has 1 aliphatic heterocycles. The quantitative estimate of drug-likeness (QED) is 0.919. The van der Waals surface area contributed by atoms with Crippen molar-refractivity contribution >= 4 is 11.6 Å². The number of morpholine rings is 1. The first-order chi connectivity index (χ1) is 11.3. The summed E-state index contributed by atoms with van der Waals surface area (Å²) < 4.78 is 5.81. The molecule has 1 atom stereocenters. The molecule has 0 aliphatic carbocycles. The van der Waals surface area contributed by atoms with Crippen LogP contribution in [0.5, 0.6) is 0 Å². The predicted molar refractivity (Wildman–Crippen MR) is 89.6 cm³/mol. The molecule has 1 aromatic heterocycles. The first-order valence-corrected chi connectivity index (χ1v) is 7.93. The van der Waals surface area contributed by atoms with Crippen LogP contribution >= 0.6 is 0 Å². The Labute approximate surface area is 136 Å². The number of amides is 1. The summed E-state index contributed by atoms with van der Waals surface area (Å²) in [6.45, 7) is 3.09. The van der Waals surface area contributed by atoms with Crippen molar-refractivity contribution in [1.29, 1.82) is 0 Å². The molecule has 5 heteroatoms. The molecule has 1 aromatic carbocycles. The third-order valence-electron chi connectivity index (χ3n) is 3.95. The first kappa shape index (κ1) is 15.5. The van der Waals surface area contributed by atoms with Crippen LogP contribution in [-0.2, 0) is 4.74 Å². The Balaban J connectivity index is 1.46. The van der Waals surface area contributed by atoms with E-state index in [-0.39, 0.29) is 12.0 Å². The number of hydrogen-bond acceptors (Lipinski definition) is 4. The summed E-state index contributed by atoms with van der Waals surface area (Å²) in [5, 5.41) is 2.94. The molecule has 1 N–H and O–H groups in total. The Morgan fingerprint density at radius 2 is 2.00 bits per heavy atom. The highest BCUT2D eigenvalue weighted by Crippen LogP contribution is 2.18. The lowest BCUT2D eigenvalue weighted by Gasteiger charge is -2.34. The zero-order valence-electron chi connectivity index (χ0n) is 13.0. The summed E-state index contributed by atoms with van der Waals surface area (Å²) in [4.78, 5) is 18.2. The second-order valence-electron chi connectivity index (χ2n) is 5.55. The van der Waals surface area contributed by atoms with E-state index in [9.17, 15) is 4.79 Å². The zero-order chi connectivity index (χ0) is 15.9. The molecule has 2 heterocycles. The number of carbonyl (C=O) groups excluding carboxylic acids is 1. The van der Waals surface area contributed by atoms with E-state index in [1.165, 1.54) is 5.69 Å². The summed E-state index contributed by atoms with van der Waals surface area (Å²) in [6.07, 6.45) is 4.19. The minimum absolute atomic E-state index is 0.0666. The Morgan fingerprint density at radius 3 is 2.78 bits per heavy atom. The summed E-state index contributed by atoms with van der Waals surface area (Å²) in [5.74, 6) is -0.0666. The Hall–Kier alpha value is -2.40. The van der Waals surface area contributed by atoms with Gasteiger partial charge < -0.3 is 15.0 Å². The molecular weight excluding hydrogens is 290 g/mol. The van der Waals surface area contributed by atoms with Gasteiger partial charge in [-0.25, -0.2) is 0 Å². The molecule has 1 unspecified atom stereocenters. The standard InChI is InChI=1S/C18H21N3O2/c22-18(15-6-9-19-10-7-15)20-11-8-17-14-21(12-13-23-17)16-4-2-1-3-5-16/h1-7,9-10,17H,8,11-14H2,(H,20,22). The number of nitrogens with one attached hydrogen (secondary N) is 1. The summed E-state index contributed by atoms with van der Waals surface area (Å²) >= 11 is 0. The average Bonchev–Trinajstić information content (AvgIpc) is 2.63. The lowest BCUT2D eigenvalue weighted by molar-refractivity contribution is 0.0354. The Bertz CT molecular complexity index is 619. The molecule has 5 nitrogen and oxygen atoms in total. The number of anilines is 1. The zero-order valence-corrected chi connectivity index (χ0v) is 13.0. The maximum Gasteiger partial charge on any atom is 0.251 e. The van der Waals surface area contributed by atoms with Crippen LogP contribution in [-0.4, -0.2) is 43.2 Å². The van der Waals surface area contributed by atoms with Gasteiger partial charge in [0.1, 0.15) is 0 Å². The van der Waals surface area contributed by atoms with Gasteiger partial charge in [-0.1, -0.05) is 18.2 Å². The van der Waals surface area contributed by atoms with Crippen molar-refractivity contribution in [2.24, 2.45) is 0 Å². The largest absolute Gasteiger partial charge is 0.374 e. The van der Waals surface area contributed by atoms with Gasteiger partial charge >= 0.3 is 0 Å². The van der Waals surface area contributed by atoms with E-state index < -0.39 is 0 Å². The van der Waals surface area contributed by atoms with Crippen LogP contribution in [0.25, 0.3) is 0 Å². The van der Waals surface area contributed by atoms with Crippen molar-refractivity contribution < 1.29 is 9.53 Å². The van der Waals surface area contributed by atoms with Gasteiger partial charge in [0, 0.05) is 43.3 Å². The molecule has 120 valence electrons. The van der Waals surface area contributed by atoms with E-state index in [0.717, 1.165) is 26.1 Å². The number of aromatic nitrogens is 1. The minimum Gasteiger partial charge on any atom is -0.374 e. The molecule has 1 amide bonds. The highest BCUT2D eigenvalue weighted by molar-refractivity contribution is 5.93. The Kier molecular flexibility index (Phi) is 5.21. The number of pyridine rings is 1. The van der Waals surface area contributed by atoms with E-state index in [2.05, 4.69) is 39.5 Å². The SMILES string of the molecule is O=C(NCCC1CN(c2ccccc2)CCO1)c1ccncc1. The highest BCUT2D eigenvalue weighted by atomic mass is 16.5. The molecule has 23 heavy (non-hydrogen) atoms. The van der Waals surface area contributed by atoms with Crippen LogP contribution in [0.2, 0.25) is 0 Å². The molecule has 0 spiro atoms. The second-order valence-corrected chi connectivity index (χ2v) is 5.55. The van der Waals surface area contributed by atoms with Crippen LogP contribution in [0, 0.1) is 0 Å². The molecule has 1 aliphatic rings. The second kappa shape index (κ2) is 7.74. The number of hydrogen-bond donors (Lipinski definition) is 1. The van der Waals surface area contributed by atoms with Gasteiger partial charge in [0.15, 0.2) is 0 Å². The van der Waals surface area contributed by atoms with E-state index in [4.69, 9.17) is 4.74 Å². The van der Waals surface area contributed by atoms with Gasteiger partial charge in [0.05, 0.1) is 12.7 Å². The monoisotopic (exact) mass is 311 g/mol. The number of ether oxygens (including phenoxy) is 1.